The van der Waals surface area contributed by atoms with Crippen LogP contribution in [0.5, 0.6) is 5.75 Å². The number of ether oxygens (including phenoxy) is 1. The van der Waals surface area contributed by atoms with Gasteiger partial charge in [0, 0.05) is 11.8 Å². The van der Waals surface area contributed by atoms with Gasteiger partial charge in [-0.05, 0) is 54.8 Å². The molecule has 3 aromatic rings. The largest absolute Gasteiger partial charge is 0.489 e. The zero-order valence-electron chi connectivity index (χ0n) is 14.4. The zero-order valence-corrected chi connectivity index (χ0v) is 14.4. The number of aryl methyl sites for hydroxylation is 1. The molecule has 3 rings (SSSR count). The molecule has 126 valence electrons. The van der Waals surface area contributed by atoms with E-state index in [1.165, 1.54) is 17.2 Å². The van der Waals surface area contributed by atoms with Crippen LogP contribution >= 0.6 is 0 Å². The molecule has 3 aromatic carbocycles. The van der Waals surface area contributed by atoms with Crippen molar-refractivity contribution >= 4 is 11.9 Å². The third-order valence-electron chi connectivity index (χ3n) is 4.14. The van der Waals surface area contributed by atoms with Gasteiger partial charge in [-0.3, -0.25) is 4.99 Å². The smallest absolute Gasteiger partial charge is 0.129 e. The number of nitrogens with zero attached hydrogens (tertiary/aromatic N) is 1. The first-order valence-corrected chi connectivity index (χ1v) is 8.20. The highest BCUT2D eigenvalue weighted by atomic mass is 19.1. The molecule has 0 aliphatic rings. The maximum Gasteiger partial charge on any atom is 0.129 e. The van der Waals surface area contributed by atoms with Crippen molar-refractivity contribution < 1.29 is 9.13 Å². The fraction of sp³-hybridized carbons (Fsp3) is 0.136. The van der Waals surface area contributed by atoms with Gasteiger partial charge in [0.05, 0.1) is 5.69 Å². The van der Waals surface area contributed by atoms with Gasteiger partial charge in [0.2, 0.25) is 0 Å². The third-order valence-corrected chi connectivity index (χ3v) is 4.14. The molecule has 0 radical (unpaired) electrons. The third kappa shape index (κ3) is 4.32. The molecule has 0 N–H and O–H groups in total. The second-order valence-electron chi connectivity index (χ2n) is 5.93. The Morgan fingerprint density at radius 2 is 1.76 bits per heavy atom. The number of aliphatic imine (C=N–C) groups is 1. The monoisotopic (exact) mass is 333 g/mol. The van der Waals surface area contributed by atoms with E-state index in [4.69, 9.17) is 4.74 Å². The summed E-state index contributed by atoms with van der Waals surface area (Å²) in [5.74, 6) is 0.434. The summed E-state index contributed by atoms with van der Waals surface area (Å²) in [6.45, 7) is 4.34. The molecule has 3 heteroatoms. The molecule has 0 aliphatic heterocycles. The predicted octanol–water partition coefficient (Wildman–Crippen LogP) is 5.77. The van der Waals surface area contributed by atoms with E-state index in [1.807, 2.05) is 42.6 Å². The van der Waals surface area contributed by atoms with Crippen LogP contribution in [0.15, 0.2) is 71.7 Å². The minimum absolute atomic E-state index is 0.199. The van der Waals surface area contributed by atoms with E-state index in [-0.39, 0.29) is 12.4 Å². The van der Waals surface area contributed by atoms with Crippen LogP contribution in [-0.2, 0) is 6.61 Å². The minimum Gasteiger partial charge on any atom is -0.489 e. The second kappa shape index (κ2) is 7.75. The van der Waals surface area contributed by atoms with Gasteiger partial charge >= 0.3 is 0 Å². The average molecular weight is 333 g/mol. The molecular weight excluding hydrogens is 313 g/mol. The second-order valence-corrected chi connectivity index (χ2v) is 5.93. The van der Waals surface area contributed by atoms with Crippen LogP contribution in [0.4, 0.5) is 10.1 Å². The quantitative estimate of drug-likeness (QED) is 0.543. The van der Waals surface area contributed by atoms with Gasteiger partial charge in [-0.2, -0.15) is 0 Å². The molecular formula is C22H20FNO. The predicted molar refractivity (Wildman–Crippen MR) is 100 cm³/mol. The molecule has 0 spiro atoms. The van der Waals surface area contributed by atoms with E-state index in [0.717, 1.165) is 11.3 Å². The standard InChI is InChI=1S/C22H20FNO/c1-16-7-5-12-22(17(16)2)24-14-18-8-6-10-20(13-18)25-15-19-9-3-4-11-21(19)23/h3-14H,15H2,1-2H3. The number of hydrogen-bond donors (Lipinski definition) is 0. The molecule has 0 saturated heterocycles. The van der Waals surface area contributed by atoms with Gasteiger partial charge in [-0.25, -0.2) is 4.39 Å². The Morgan fingerprint density at radius 1 is 0.960 bits per heavy atom. The molecule has 0 fully saturated rings. The first-order chi connectivity index (χ1) is 12.1. The van der Waals surface area contributed by atoms with Gasteiger partial charge in [-0.15, -0.1) is 0 Å². The average Bonchev–Trinajstić information content (AvgIpc) is 2.63. The van der Waals surface area contributed by atoms with Crippen molar-refractivity contribution in [3.05, 3.63) is 94.8 Å². The van der Waals surface area contributed by atoms with Crippen LogP contribution in [0.25, 0.3) is 0 Å². The van der Waals surface area contributed by atoms with Crippen LogP contribution in [0.3, 0.4) is 0 Å². The van der Waals surface area contributed by atoms with E-state index in [1.54, 1.807) is 18.2 Å². The van der Waals surface area contributed by atoms with Crippen molar-refractivity contribution in [1.82, 2.24) is 0 Å². The number of rotatable bonds is 5. The Balaban J connectivity index is 1.72. The maximum absolute atomic E-state index is 13.6. The van der Waals surface area contributed by atoms with Crippen molar-refractivity contribution in [2.75, 3.05) is 0 Å². The van der Waals surface area contributed by atoms with Crippen molar-refractivity contribution in [2.45, 2.75) is 20.5 Å². The maximum atomic E-state index is 13.6. The lowest BCUT2D eigenvalue weighted by Gasteiger charge is -2.08. The van der Waals surface area contributed by atoms with E-state index >= 15 is 0 Å². The summed E-state index contributed by atoms with van der Waals surface area (Å²) < 4.78 is 19.4. The van der Waals surface area contributed by atoms with Crippen molar-refractivity contribution in [1.29, 1.82) is 0 Å². The SMILES string of the molecule is Cc1cccc(N=Cc2cccc(OCc3ccccc3F)c2)c1C. The van der Waals surface area contributed by atoms with Gasteiger partial charge in [-0.1, -0.05) is 42.5 Å². The number of halogens is 1. The molecule has 0 unspecified atom stereocenters. The van der Waals surface area contributed by atoms with Crippen molar-refractivity contribution in [3.63, 3.8) is 0 Å². The zero-order chi connectivity index (χ0) is 17.6. The van der Waals surface area contributed by atoms with E-state index in [9.17, 15) is 4.39 Å². The normalized spacial score (nSPS) is 11.0. The lowest BCUT2D eigenvalue weighted by Crippen LogP contribution is -1.98. The molecule has 0 heterocycles. The van der Waals surface area contributed by atoms with Crippen molar-refractivity contribution in [3.8, 4) is 5.75 Å². The molecule has 0 amide bonds. The molecule has 0 aromatic heterocycles. The highest BCUT2D eigenvalue weighted by Gasteiger charge is 2.02. The van der Waals surface area contributed by atoms with E-state index < -0.39 is 0 Å². The van der Waals surface area contributed by atoms with Gasteiger partial charge in [0.1, 0.15) is 18.2 Å². The fourth-order valence-corrected chi connectivity index (χ4v) is 2.48. The lowest BCUT2D eigenvalue weighted by molar-refractivity contribution is 0.300. The Labute approximate surface area is 147 Å². The van der Waals surface area contributed by atoms with E-state index in [0.29, 0.717) is 11.3 Å². The molecule has 25 heavy (non-hydrogen) atoms. The summed E-state index contributed by atoms with van der Waals surface area (Å²) in [5, 5.41) is 0. The van der Waals surface area contributed by atoms with Gasteiger partial charge in [0.15, 0.2) is 0 Å². The summed E-state index contributed by atoms with van der Waals surface area (Å²) >= 11 is 0. The minimum atomic E-state index is -0.255. The van der Waals surface area contributed by atoms with Crippen molar-refractivity contribution in [2.24, 2.45) is 4.99 Å². The first-order valence-electron chi connectivity index (χ1n) is 8.20. The Morgan fingerprint density at radius 3 is 2.60 bits per heavy atom. The lowest BCUT2D eigenvalue weighted by atomic mass is 10.1. The highest BCUT2D eigenvalue weighted by Crippen LogP contribution is 2.21. The number of benzene rings is 3. The molecule has 0 atom stereocenters. The molecule has 0 bridgehead atoms. The highest BCUT2D eigenvalue weighted by molar-refractivity contribution is 5.83. The summed E-state index contributed by atoms with van der Waals surface area (Å²) in [5.41, 5.74) is 4.82. The Hall–Kier alpha value is -2.94. The summed E-state index contributed by atoms with van der Waals surface area (Å²) in [7, 11) is 0. The van der Waals surface area contributed by atoms with Gasteiger partial charge < -0.3 is 4.74 Å². The summed E-state index contributed by atoms with van der Waals surface area (Å²) in [6, 6.07) is 20.3. The molecule has 0 saturated carbocycles. The van der Waals surface area contributed by atoms with E-state index in [2.05, 4.69) is 24.9 Å². The van der Waals surface area contributed by atoms with Crippen LogP contribution in [-0.4, -0.2) is 6.21 Å². The first kappa shape index (κ1) is 16.9. The summed E-state index contributed by atoms with van der Waals surface area (Å²) in [4.78, 5) is 4.57. The van der Waals surface area contributed by atoms with Crippen LogP contribution < -0.4 is 4.74 Å². The van der Waals surface area contributed by atoms with Crippen LogP contribution in [0, 0.1) is 19.7 Å². The Bertz CT molecular complexity index is 902. The fourth-order valence-electron chi connectivity index (χ4n) is 2.48. The Kier molecular flexibility index (Phi) is 5.24. The van der Waals surface area contributed by atoms with Crippen LogP contribution in [0.1, 0.15) is 22.3 Å². The molecule has 2 nitrogen and oxygen atoms in total. The number of hydrogen-bond acceptors (Lipinski definition) is 2. The topological polar surface area (TPSA) is 21.6 Å². The van der Waals surface area contributed by atoms with Crippen LogP contribution in [0.2, 0.25) is 0 Å². The summed E-state index contributed by atoms with van der Waals surface area (Å²) in [6.07, 6.45) is 1.82. The molecule has 0 aliphatic carbocycles. The van der Waals surface area contributed by atoms with Gasteiger partial charge in [0.25, 0.3) is 0 Å².